The van der Waals surface area contributed by atoms with E-state index in [-0.39, 0.29) is 18.4 Å². The fourth-order valence-electron chi connectivity index (χ4n) is 4.97. The molecule has 2 aromatic carbocycles. The third-order valence-electron chi connectivity index (χ3n) is 6.14. The molecule has 0 radical (unpaired) electrons. The van der Waals surface area contributed by atoms with E-state index in [0.717, 1.165) is 6.42 Å². The Morgan fingerprint density at radius 1 is 1.04 bits per heavy atom. The van der Waals surface area contributed by atoms with Crippen LogP contribution in [0.25, 0.3) is 0 Å². The standard InChI is InChI=1S/C22H22N2O2S/c25-20(11-24-13-27-12-21(24)26)23-10-14-9-19-15-5-1-3-7-17(15)22(14)18-8-4-2-6-16(18)19/h1-8,14,19,22H,9-13H2,(H,23,25)/t14-,19?,22?/m1/s1. The van der Waals surface area contributed by atoms with Crippen LogP contribution in [0.5, 0.6) is 0 Å². The van der Waals surface area contributed by atoms with Crippen molar-refractivity contribution in [1.29, 1.82) is 0 Å². The molecule has 1 saturated heterocycles. The molecule has 0 saturated carbocycles. The number of fused-ring (bicyclic) bond motifs is 1. The number of carbonyl (C=O) groups excluding carboxylic acids is 2. The SMILES string of the molecule is O=C(CN1CSCC1=O)NC[C@H]1CC2c3ccccc3C1c1ccccc12. The second-order valence-corrected chi connectivity index (χ2v) is 8.61. The molecule has 4 aliphatic rings. The molecule has 0 spiro atoms. The van der Waals surface area contributed by atoms with E-state index in [1.54, 1.807) is 16.7 Å². The largest absolute Gasteiger partial charge is 0.354 e. The zero-order chi connectivity index (χ0) is 18.4. The smallest absolute Gasteiger partial charge is 0.239 e. The van der Waals surface area contributed by atoms with Crippen molar-refractivity contribution >= 4 is 23.6 Å². The first kappa shape index (κ1) is 16.9. The first-order valence-corrected chi connectivity index (χ1v) is 10.7. The average Bonchev–Trinajstić information content (AvgIpc) is 3.11. The van der Waals surface area contributed by atoms with E-state index in [1.165, 1.54) is 22.3 Å². The molecule has 1 fully saturated rings. The van der Waals surface area contributed by atoms with Gasteiger partial charge in [-0.2, -0.15) is 0 Å². The highest BCUT2D eigenvalue weighted by Gasteiger charge is 2.42. The summed E-state index contributed by atoms with van der Waals surface area (Å²) >= 11 is 1.57. The van der Waals surface area contributed by atoms with Gasteiger partial charge in [-0.1, -0.05) is 48.5 Å². The van der Waals surface area contributed by atoms with Crippen molar-refractivity contribution in [2.75, 3.05) is 24.7 Å². The molecule has 1 aliphatic heterocycles. The minimum absolute atomic E-state index is 0.0473. The van der Waals surface area contributed by atoms with E-state index in [4.69, 9.17) is 0 Å². The van der Waals surface area contributed by atoms with Gasteiger partial charge in [0, 0.05) is 18.4 Å². The number of thioether (sulfide) groups is 1. The summed E-state index contributed by atoms with van der Waals surface area (Å²) in [4.78, 5) is 25.7. The van der Waals surface area contributed by atoms with E-state index in [2.05, 4.69) is 53.8 Å². The molecule has 27 heavy (non-hydrogen) atoms. The predicted molar refractivity (Wildman–Crippen MR) is 107 cm³/mol. The van der Waals surface area contributed by atoms with E-state index < -0.39 is 0 Å². The Bertz CT molecular complexity index is 865. The minimum Gasteiger partial charge on any atom is -0.354 e. The number of amides is 2. The summed E-state index contributed by atoms with van der Waals surface area (Å²) in [6.07, 6.45) is 1.07. The molecule has 138 valence electrons. The Morgan fingerprint density at radius 2 is 1.67 bits per heavy atom. The Hall–Kier alpha value is -2.27. The number of hydrogen-bond acceptors (Lipinski definition) is 3. The molecule has 1 N–H and O–H groups in total. The van der Waals surface area contributed by atoms with Gasteiger partial charge in [0.15, 0.2) is 0 Å². The van der Waals surface area contributed by atoms with Gasteiger partial charge in [-0.3, -0.25) is 9.59 Å². The third-order valence-corrected chi connectivity index (χ3v) is 7.09. The van der Waals surface area contributed by atoms with Crippen LogP contribution < -0.4 is 5.32 Å². The molecule has 5 heteroatoms. The monoisotopic (exact) mass is 378 g/mol. The van der Waals surface area contributed by atoms with Crippen molar-refractivity contribution in [1.82, 2.24) is 10.2 Å². The lowest BCUT2D eigenvalue weighted by Crippen LogP contribution is -2.43. The maximum atomic E-state index is 12.4. The highest BCUT2D eigenvalue weighted by atomic mass is 32.2. The van der Waals surface area contributed by atoms with Crippen LogP contribution in [-0.4, -0.2) is 41.4 Å². The molecule has 3 aliphatic carbocycles. The van der Waals surface area contributed by atoms with Crippen molar-refractivity contribution in [3.8, 4) is 0 Å². The lowest BCUT2D eigenvalue weighted by Gasteiger charge is -2.45. The van der Waals surface area contributed by atoms with Crippen LogP contribution >= 0.6 is 11.8 Å². The number of hydrogen-bond donors (Lipinski definition) is 1. The van der Waals surface area contributed by atoms with E-state index in [1.807, 2.05) is 0 Å². The lowest BCUT2D eigenvalue weighted by molar-refractivity contribution is -0.132. The number of rotatable bonds is 4. The van der Waals surface area contributed by atoms with Crippen molar-refractivity contribution in [3.63, 3.8) is 0 Å². The highest BCUT2D eigenvalue weighted by molar-refractivity contribution is 8.00. The first-order chi connectivity index (χ1) is 13.2. The maximum Gasteiger partial charge on any atom is 0.239 e. The Balaban J connectivity index is 1.35. The second kappa shape index (κ2) is 6.71. The van der Waals surface area contributed by atoms with Crippen molar-refractivity contribution in [2.24, 2.45) is 5.92 Å². The van der Waals surface area contributed by atoms with E-state index in [0.29, 0.717) is 35.9 Å². The first-order valence-electron chi connectivity index (χ1n) is 9.52. The van der Waals surface area contributed by atoms with Gasteiger partial charge in [-0.05, 0) is 34.6 Å². The van der Waals surface area contributed by atoms with Gasteiger partial charge >= 0.3 is 0 Å². The van der Waals surface area contributed by atoms with Gasteiger partial charge in [0.1, 0.15) is 6.54 Å². The molecule has 1 heterocycles. The van der Waals surface area contributed by atoms with E-state index in [9.17, 15) is 9.59 Å². The summed E-state index contributed by atoms with van der Waals surface area (Å²) in [7, 11) is 0. The van der Waals surface area contributed by atoms with Crippen LogP contribution in [0.2, 0.25) is 0 Å². The number of nitrogens with one attached hydrogen (secondary N) is 1. The number of nitrogens with zero attached hydrogens (tertiary/aromatic N) is 1. The molecule has 4 nitrogen and oxygen atoms in total. The summed E-state index contributed by atoms with van der Waals surface area (Å²) < 4.78 is 0. The summed E-state index contributed by atoms with van der Waals surface area (Å²) in [6.45, 7) is 0.845. The topological polar surface area (TPSA) is 49.4 Å². The molecule has 0 unspecified atom stereocenters. The van der Waals surface area contributed by atoms with Crippen LogP contribution in [0, 0.1) is 5.92 Å². The van der Waals surface area contributed by atoms with E-state index >= 15 is 0 Å². The number of carbonyl (C=O) groups is 2. The Labute approximate surface area is 163 Å². The fraction of sp³-hybridized carbons (Fsp3) is 0.364. The van der Waals surface area contributed by atoms with Crippen molar-refractivity contribution in [2.45, 2.75) is 18.3 Å². The zero-order valence-electron chi connectivity index (χ0n) is 15.1. The van der Waals surface area contributed by atoms with Gasteiger partial charge < -0.3 is 10.2 Å². The molecular formula is C22H22N2O2S. The summed E-state index contributed by atoms with van der Waals surface area (Å²) in [5.74, 6) is 2.29. The van der Waals surface area contributed by atoms with Crippen molar-refractivity contribution < 1.29 is 9.59 Å². The van der Waals surface area contributed by atoms with Crippen LogP contribution in [0.3, 0.4) is 0 Å². The molecule has 2 aromatic rings. The van der Waals surface area contributed by atoms with Gasteiger partial charge in [0.05, 0.1) is 11.6 Å². The third kappa shape index (κ3) is 2.85. The van der Waals surface area contributed by atoms with Gasteiger partial charge in [0.25, 0.3) is 0 Å². The molecule has 2 bridgehead atoms. The molecular weight excluding hydrogens is 356 g/mol. The average molecular weight is 378 g/mol. The molecule has 6 rings (SSSR count). The van der Waals surface area contributed by atoms with Crippen LogP contribution in [0.1, 0.15) is 40.5 Å². The molecule has 1 atom stereocenters. The normalized spacial score (nSPS) is 25.3. The minimum atomic E-state index is -0.0473. The van der Waals surface area contributed by atoms with Crippen LogP contribution in [-0.2, 0) is 9.59 Å². The quantitative estimate of drug-likeness (QED) is 0.890. The van der Waals surface area contributed by atoms with Crippen LogP contribution in [0.4, 0.5) is 0 Å². The lowest BCUT2D eigenvalue weighted by atomic mass is 9.59. The fourth-order valence-corrected chi connectivity index (χ4v) is 5.88. The summed E-state index contributed by atoms with van der Waals surface area (Å²) in [5, 5.41) is 3.10. The highest BCUT2D eigenvalue weighted by Crippen LogP contribution is 2.55. The van der Waals surface area contributed by atoms with Crippen molar-refractivity contribution in [3.05, 3.63) is 70.8 Å². The van der Waals surface area contributed by atoms with Gasteiger partial charge in [-0.15, -0.1) is 11.8 Å². The van der Waals surface area contributed by atoms with Crippen LogP contribution in [0.15, 0.2) is 48.5 Å². The molecule has 2 amide bonds. The second-order valence-electron chi connectivity index (χ2n) is 7.66. The summed E-state index contributed by atoms with van der Waals surface area (Å²) in [5.41, 5.74) is 5.72. The predicted octanol–water partition coefficient (Wildman–Crippen LogP) is 2.93. The van der Waals surface area contributed by atoms with Gasteiger partial charge in [0.2, 0.25) is 11.8 Å². The Kier molecular flexibility index (Phi) is 4.20. The summed E-state index contributed by atoms with van der Waals surface area (Å²) in [6, 6.07) is 17.5. The number of benzene rings is 2. The maximum absolute atomic E-state index is 12.4. The zero-order valence-corrected chi connectivity index (χ0v) is 15.9. The Morgan fingerprint density at radius 3 is 2.26 bits per heavy atom. The van der Waals surface area contributed by atoms with Gasteiger partial charge in [-0.25, -0.2) is 0 Å². The molecule has 0 aromatic heterocycles.